The molecule has 1 rings (SSSR count). The number of alkyl halides is 1. The fourth-order valence-electron chi connectivity index (χ4n) is 1.32. The van der Waals surface area contributed by atoms with Crippen LogP contribution in [-0.2, 0) is 6.42 Å². The van der Waals surface area contributed by atoms with Crippen molar-refractivity contribution < 1.29 is 8.78 Å². The van der Waals surface area contributed by atoms with Crippen LogP contribution < -0.4 is 0 Å². The summed E-state index contributed by atoms with van der Waals surface area (Å²) in [6.45, 7) is 2.02. The maximum Gasteiger partial charge on any atom is 0.129 e. The molecule has 0 N–H and O–H groups in total. The molecule has 1 aromatic rings. The Balaban J connectivity index is 2.84. The van der Waals surface area contributed by atoms with Gasteiger partial charge in [0.1, 0.15) is 11.6 Å². The van der Waals surface area contributed by atoms with Gasteiger partial charge < -0.3 is 0 Å². The highest BCUT2D eigenvalue weighted by Crippen LogP contribution is 2.19. The Morgan fingerprint density at radius 1 is 1.29 bits per heavy atom. The Labute approximate surface area is 91.5 Å². The van der Waals surface area contributed by atoms with Gasteiger partial charge in [-0.25, -0.2) is 8.78 Å². The minimum atomic E-state index is -0.440. The molecular weight excluding hydrogens is 250 g/mol. The third-order valence-corrected chi connectivity index (χ3v) is 3.27. The molecule has 1 aromatic carbocycles. The zero-order chi connectivity index (χ0) is 10.6. The van der Waals surface area contributed by atoms with Gasteiger partial charge in [0.15, 0.2) is 0 Å². The molecule has 0 aliphatic heterocycles. The van der Waals surface area contributed by atoms with Crippen LogP contribution in [0.25, 0.3) is 0 Å². The monoisotopic (exact) mass is 262 g/mol. The van der Waals surface area contributed by atoms with Crippen LogP contribution in [0.4, 0.5) is 8.78 Å². The van der Waals surface area contributed by atoms with E-state index < -0.39 is 11.6 Å². The van der Waals surface area contributed by atoms with Gasteiger partial charge >= 0.3 is 0 Å². The van der Waals surface area contributed by atoms with Crippen molar-refractivity contribution in [1.29, 1.82) is 0 Å². The molecule has 1 unspecified atom stereocenters. The Morgan fingerprint density at radius 3 is 2.29 bits per heavy atom. The molecule has 0 heterocycles. The van der Waals surface area contributed by atoms with Crippen LogP contribution in [0.5, 0.6) is 0 Å². The first kappa shape index (κ1) is 11.6. The van der Waals surface area contributed by atoms with Gasteiger partial charge in [-0.2, -0.15) is 0 Å². The molecule has 78 valence electrons. The van der Waals surface area contributed by atoms with E-state index in [0.717, 1.165) is 11.8 Å². The second-order valence-corrected chi connectivity index (χ2v) is 3.98. The summed E-state index contributed by atoms with van der Waals surface area (Å²) in [5.74, 6) is -0.588. The standard InChI is InChI=1S/C11H13BrF2/c1-2-8(7-12)6-9-10(13)4-3-5-11(9)14/h3-5,8H,2,6-7H2,1H3. The molecule has 14 heavy (non-hydrogen) atoms. The Morgan fingerprint density at radius 2 is 1.86 bits per heavy atom. The average Bonchev–Trinajstić information content (AvgIpc) is 2.18. The van der Waals surface area contributed by atoms with E-state index in [1.54, 1.807) is 0 Å². The second-order valence-electron chi connectivity index (χ2n) is 3.33. The van der Waals surface area contributed by atoms with Crippen LogP contribution >= 0.6 is 15.9 Å². The summed E-state index contributed by atoms with van der Waals surface area (Å²) in [4.78, 5) is 0. The lowest BCUT2D eigenvalue weighted by molar-refractivity contribution is 0.504. The Bertz CT molecular complexity index is 275. The van der Waals surface area contributed by atoms with E-state index in [1.165, 1.54) is 18.2 Å². The van der Waals surface area contributed by atoms with Crippen molar-refractivity contribution in [1.82, 2.24) is 0 Å². The van der Waals surface area contributed by atoms with Crippen molar-refractivity contribution in [2.75, 3.05) is 5.33 Å². The first-order valence-electron chi connectivity index (χ1n) is 4.67. The van der Waals surface area contributed by atoms with Gasteiger partial charge in [-0.3, -0.25) is 0 Å². The highest BCUT2D eigenvalue weighted by Gasteiger charge is 2.13. The van der Waals surface area contributed by atoms with E-state index in [4.69, 9.17) is 0 Å². The Hall–Kier alpha value is -0.440. The van der Waals surface area contributed by atoms with Gasteiger partial charge in [0.25, 0.3) is 0 Å². The fraction of sp³-hybridized carbons (Fsp3) is 0.455. The number of rotatable bonds is 4. The summed E-state index contributed by atoms with van der Waals surface area (Å²) in [6.07, 6.45) is 1.37. The summed E-state index contributed by atoms with van der Waals surface area (Å²) >= 11 is 3.34. The summed E-state index contributed by atoms with van der Waals surface area (Å²) in [6, 6.07) is 4.00. The van der Waals surface area contributed by atoms with Gasteiger partial charge in [-0.05, 0) is 24.5 Å². The molecule has 1 atom stereocenters. The smallest absolute Gasteiger partial charge is 0.129 e. The normalized spacial score (nSPS) is 12.9. The fourth-order valence-corrected chi connectivity index (χ4v) is 2.01. The molecule has 0 fully saturated rings. The zero-order valence-electron chi connectivity index (χ0n) is 8.06. The van der Waals surface area contributed by atoms with E-state index in [9.17, 15) is 8.78 Å². The molecule has 0 aliphatic carbocycles. The highest BCUT2D eigenvalue weighted by molar-refractivity contribution is 9.09. The quantitative estimate of drug-likeness (QED) is 0.722. The third kappa shape index (κ3) is 2.77. The summed E-state index contributed by atoms with van der Waals surface area (Å²) in [5, 5.41) is 0.775. The van der Waals surface area contributed by atoms with Gasteiger partial charge in [-0.15, -0.1) is 0 Å². The van der Waals surface area contributed by atoms with Gasteiger partial charge in [0.2, 0.25) is 0 Å². The maximum atomic E-state index is 13.2. The molecule has 0 nitrogen and oxygen atoms in total. The van der Waals surface area contributed by atoms with Gasteiger partial charge in [0.05, 0.1) is 0 Å². The topological polar surface area (TPSA) is 0 Å². The van der Waals surface area contributed by atoms with E-state index in [-0.39, 0.29) is 5.56 Å². The van der Waals surface area contributed by atoms with Crippen LogP contribution in [-0.4, -0.2) is 5.33 Å². The molecule has 3 heteroatoms. The van der Waals surface area contributed by atoms with Gasteiger partial charge in [0, 0.05) is 10.9 Å². The van der Waals surface area contributed by atoms with E-state index in [2.05, 4.69) is 15.9 Å². The molecule has 0 spiro atoms. The number of hydrogen-bond donors (Lipinski definition) is 0. The lowest BCUT2D eigenvalue weighted by atomic mass is 9.98. The first-order chi connectivity index (χ1) is 6.69. The Kier molecular flexibility index (Phi) is 4.52. The zero-order valence-corrected chi connectivity index (χ0v) is 9.65. The van der Waals surface area contributed by atoms with Crippen LogP contribution in [0.2, 0.25) is 0 Å². The molecular formula is C11H13BrF2. The molecule has 0 saturated carbocycles. The highest BCUT2D eigenvalue weighted by atomic mass is 79.9. The summed E-state index contributed by atoms with van der Waals surface area (Å²) in [7, 11) is 0. The second kappa shape index (κ2) is 5.44. The molecule has 0 amide bonds. The summed E-state index contributed by atoms with van der Waals surface area (Å²) in [5.41, 5.74) is 0.207. The molecule has 0 bridgehead atoms. The maximum absolute atomic E-state index is 13.2. The lowest BCUT2D eigenvalue weighted by Gasteiger charge is -2.12. The number of hydrogen-bond acceptors (Lipinski definition) is 0. The number of halogens is 3. The minimum absolute atomic E-state index is 0.207. The lowest BCUT2D eigenvalue weighted by Crippen LogP contribution is -2.08. The third-order valence-electron chi connectivity index (χ3n) is 2.35. The molecule has 0 aliphatic rings. The van der Waals surface area contributed by atoms with Crippen LogP contribution in [0.1, 0.15) is 18.9 Å². The van der Waals surface area contributed by atoms with Crippen LogP contribution in [0, 0.1) is 17.6 Å². The molecule has 0 radical (unpaired) electrons. The molecule has 0 aromatic heterocycles. The van der Waals surface area contributed by atoms with Crippen molar-refractivity contribution in [2.45, 2.75) is 19.8 Å². The SMILES string of the molecule is CCC(CBr)Cc1c(F)cccc1F. The van der Waals surface area contributed by atoms with E-state index in [0.29, 0.717) is 12.3 Å². The van der Waals surface area contributed by atoms with Crippen molar-refractivity contribution in [2.24, 2.45) is 5.92 Å². The predicted molar refractivity (Wildman–Crippen MR) is 57.6 cm³/mol. The van der Waals surface area contributed by atoms with Crippen LogP contribution in [0.3, 0.4) is 0 Å². The largest absolute Gasteiger partial charge is 0.207 e. The predicted octanol–water partition coefficient (Wildman–Crippen LogP) is 3.93. The van der Waals surface area contributed by atoms with E-state index in [1.807, 2.05) is 6.92 Å². The first-order valence-corrected chi connectivity index (χ1v) is 5.80. The summed E-state index contributed by atoms with van der Waals surface area (Å²) < 4.78 is 26.5. The van der Waals surface area contributed by atoms with Crippen molar-refractivity contribution >= 4 is 15.9 Å². The average molecular weight is 263 g/mol. The van der Waals surface area contributed by atoms with Crippen molar-refractivity contribution in [3.8, 4) is 0 Å². The van der Waals surface area contributed by atoms with Crippen molar-refractivity contribution in [3.63, 3.8) is 0 Å². The van der Waals surface area contributed by atoms with Crippen molar-refractivity contribution in [3.05, 3.63) is 35.4 Å². The number of benzene rings is 1. The molecule has 0 saturated heterocycles. The minimum Gasteiger partial charge on any atom is -0.207 e. The van der Waals surface area contributed by atoms with Gasteiger partial charge in [-0.1, -0.05) is 35.3 Å². The van der Waals surface area contributed by atoms with Crippen LogP contribution in [0.15, 0.2) is 18.2 Å². The van der Waals surface area contributed by atoms with E-state index >= 15 is 0 Å².